The molecule has 1 aromatic carbocycles. The molecule has 5 nitrogen and oxygen atoms in total. The van der Waals surface area contributed by atoms with E-state index in [4.69, 9.17) is 5.11 Å². The van der Waals surface area contributed by atoms with Gasteiger partial charge in [0.05, 0.1) is 24.2 Å². The van der Waals surface area contributed by atoms with Gasteiger partial charge in [-0.15, -0.1) is 5.10 Å². The van der Waals surface area contributed by atoms with Gasteiger partial charge in [-0.3, -0.25) is 4.98 Å². The summed E-state index contributed by atoms with van der Waals surface area (Å²) in [6, 6.07) is 13.2. The Morgan fingerprint density at radius 3 is 2.53 bits per heavy atom. The predicted octanol–water partition coefficient (Wildman–Crippen LogP) is 1.82. The summed E-state index contributed by atoms with van der Waals surface area (Å²) in [5, 5.41) is 17.2. The largest absolute Gasteiger partial charge is 0.392 e. The number of pyridine rings is 1. The summed E-state index contributed by atoms with van der Waals surface area (Å²) in [5.41, 5.74) is 3.29. The minimum Gasteiger partial charge on any atom is -0.392 e. The van der Waals surface area contributed by atoms with Crippen LogP contribution in [0.3, 0.4) is 0 Å². The highest BCUT2D eigenvalue weighted by Crippen LogP contribution is 2.15. The Hall–Kier alpha value is -2.53. The number of aliphatic hydroxyl groups excluding tert-OH is 1. The van der Waals surface area contributed by atoms with Crippen LogP contribution in [0.4, 0.5) is 0 Å². The van der Waals surface area contributed by atoms with E-state index >= 15 is 0 Å². The number of aromatic nitrogens is 4. The van der Waals surface area contributed by atoms with Crippen molar-refractivity contribution in [1.29, 1.82) is 0 Å². The van der Waals surface area contributed by atoms with Crippen LogP contribution in [-0.4, -0.2) is 25.1 Å². The van der Waals surface area contributed by atoms with E-state index < -0.39 is 0 Å². The highest BCUT2D eigenvalue weighted by atomic mass is 16.3. The second kappa shape index (κ2) is 4.99. The SMILES string of the molecule is OCc1ccc(-n2cc(-c3ccccn3)nn2)cc1. The second-order valence-electron chi connectivity index (χ2n) is 4.09. The lowest BCUT2D eigenvalue weighted by molar-refractivity contribution is 0.282. The molecule has 1 N–H and O–H groups in total. The zero-order chi connectivity index (χ0) is 13.1. The summed E-state index contributed by atoms with van der Waals surface area (Å²) in [4.78, 5) is 4.23. The van der Waals surface area contributed by atoms with Crippen molar-refractivity contribution in [2.75, 3.05) is 0 Å². The minimum absolute atomic E-state index is 0.0385. The van der Waals surface area contributed by atoms with Crippen molar-refractivity contribution >= 4 is 0 Å². The molecule has 0 unspecified atom stereocenters. The highest BCUT2D eigenvalue weighted by Gasteiger charge is 2.05. The lowest BCUT2D eigenvalue weighted by atomic mass is 10.2. The van der Waals surface area contributed by atoms with Crippen molar-refractivity contribution in [3.05, 3.63) is 60.4 Å². The van der Waals surface area contributed by atoms with Crippen LogP contribution in [0, 0.1) is 0 Å². The Bertz CT molecular complexity index is 661. The van der Waals surface area contributed by atoms with E-state index in [2.05, 4.69) is 15.3 Å². The van der Waals surface area contributed by atoms with Gasteiger partial charge in [-0.2, -0.15) is 0 Å². The maximum absolute atomic E-state index is 9.01. The van der Waals surface area contributed by atoms with Gasteiger partial charge in [0.2, 0.25) is 0 Å². The Balaban J connectivity index is 1.92. The molecule has 0 saturated heterocycles. The molecule has 0 amide bonds. The number of rotatable bonds is 3. The first-order valence-electron chi connectivity index (χ1n) is 5.91. The molecule has 0 aliphatic heterocycles. The molecular weight excluding hydrogens is 240 g/mol. The summed E-state index contributed by atoms with van der Waals surface area (Å²) < 4.78 is 1.69. The molecule has 19 heavy (non-hydrogen) atoms. The average molecular weight is 252 g/mol. The molecule has 94 valence electrons. The monoisotopic (exact) mass is 252 g/mol. The van der Waals surface area contributed by atoms with Crippen LogP contribution in [0.2, 0.25) is 0 Å². The van der Waals surface area contributed by atoms with Crippen LogP contribution < -0.4 is 0 Å². The molecule has 0 radical (unpaired) electrons. The highest BCUT2D eigenvalue weighted by molar-refractivity contribution is 5.52. The van der Waals surface area contributed by atoms with Gasteiger partial charge in [0.15, 0.2) is 0 Å². The maximum Gasteiger partial charge on any atom is 0.131 e. The van der Waals surface area contributed by atoms with E-state index in [0.717, 1.165) is 22.6 Å². The number of aliphatic hydroxyl groups is 1. The van der Waals surface area contributed by atoms with Crippen LogP contribution in [0.1, 0.15) is 5.56 Å². The van der Waals surface area contributed by atoms with Gasteiger partial charge in [-0.1, -0.05) is 23.4 Å². The molecule has 2 heterocycles. The van der Waals surface area contributed by atoms with E-state index in [1.54, 1.807) is 10.9 Å². The summed E-state index contributed by atoms with van der Waals surface area (Å²) >= 11 is 0. The third kappa shape index (κ3) is 2.36. The molecule has 0 fully saturated rings. The first-order chi connectivity index (χ1) is 9.36. The molecule has 0 aliphatic carbocycles. The lowest BCUT2D eigenvalue weighted by Gasteiger charge is -2.00. The van der Waals surface area contributed by atoms with Crippen molar-refractivity contribution in [2.24, 2.45) is 0 Å². The van der Waals surface area contributed by atoms with Gasteiger partial charge in [0.1, 0.15) is 5.69 Å². The molecule has 3 rings (SSSR count). The standard InChI is InChI=1S/C14H12N4O/c19-10-11-4-6-12(7-5-11)18-9-14(16-17-18)13-3-1-2-8-15-13/h1-9,19H,10H2. The number of benzene rings is 1. The van der Waals surface area contributed by atoms with Gasteiger partial charge >= 0.3 is 0 Å². The first kappa shape index (κ1) is 11.6. The first-order valence-corrected chi connectivity index (χ1v) is 5.91. The van der Waals surface area contributed by atoms with Crippen molar-refractivity contribution in [3.63, 3.8) is 0 Å². The third-order valence-electron chi connectivity index (χ3n) is 2.80. The van der Waals surface area contributed by atoms with Gasteiger partial charge in [-0.25, -0.2) is 4.68 Å². The predicted molar refractivity (Wildman–Crippen MR) is 70.5 cm³/mol. The summed E-state index contributed by atoms with van der Waals surface area (Å²) in [6.45, 7) is 0.0385. The van der Waals surface area contributed by atoms with E-state index in [-0.39, 0.29) is 6.61 Å². The molecule has 3 aromatic rings. The average Bonchev–Trinajstić information content (AvgIpc) is 2.98. The zero-order valence-electron chi connectivity index (χ0n) is 10.1. The van der Waals surface area contributed by atoms with Crippen LogP contribution in [-0.2, 0) is 6.61 Å². The van der Waals surface area contributed by atoms with Gasteiger partial charge in [0, 0.05) is 6.20 Å². The number of nitrogens with zero attached hydrogens (tertiary/aromatic N) is 4. The van der Waals surface area contributed by atoms with E-state index in [1.165, 1.54) is 0 Å². The van der Waals surface area contributed by atoms with Crippen LogP contribution in [0.5, 0.6) is 0 Å². The van der Waals surface area contributed by atoms with E-state index in [1.807, 2.05) is 48.7 Å². The molecule has 0 spiro atoms. The fourth-order valence-corrected chi connectivity index (χ4v) is 1.78. The van der Waals surface area contributed by atoms with Gasteiger partial charge in [0.25, 0.3) is 0 Å². The number of hydrogen-bond donors (Lipinski definition) is 1. The molecule has 0 saturated carbocycles. The van der Waals surface area contributed by atoms with E-state index in [9.17, 15) is 0 Å². The van der Waals surface area contributed by atoms with E-state index in [0.29, 0.717) is 0 Å². The van der Waals surface area contributed by atoms with Crippen LogP contribution in [0.25, 0.3) is 17.1 Å². The molecule has 0 aliphatic rings. The van der Waals surface area contributed by atoms with Crippen LogP contribution in [0.15, 0.2) is 54.9 Å². The molecular formula is C14H12N4O. The Labute approximate surface area is 110 Å². The summed E-state index contributed by atoms with van der Waals surface area (Å²) in [7, 11) is 0. The van der Waals surface area contributed by atoms with Crippen LogP contribution >= 0.6 is 0 Å². The second-order valence-corrected chi connectivity index (χ2v) is 4.09. The summed E-state index contributed by atoms with van der Waals surface area (Å²) in [5.74, 6) is 0. The number of hydrogen-bond acceptors (Lipinski definition) is 4. The molecule has 2 aromatic heterocycles. The Morgan fingerprint density at radius 2 is 1.84 bits per heavy atom. The molecule has 5 heteroatoms. The van der Waals surface area contributed by atoms with Crippen molar-refractivity contribution < 1.29 is 5.11 Å². The minimum atomic E-state index is 0.0385. The quantitative estimate of drug-likeness (QED) is 0.772. The normalized spacial score (nSPS) is 10.6. The zero-order valence-corrected chi connectivity index (χ0v) is 10.1. The fourth-order valence-electron chi connectivity index (χ4n) is 1.78. The van der Waals surface area contributed by atoms with Gasteiger partial charge < -0.3 is 5.11 Å². The molecule has 0 atom stereocenters. The lowest BCUT2D eigenvalue weighted by Crippen LogP contribution is -1.95. The van der Waals surface area contributed by atoms with Crippen molar-refractivity contribution in [1.82, 2.24) is 20.0 Å². The fraction of sp³-hybridized carbons (Fsp3) is 0.0714. The Morgan fingerprint density at radius 1 is 1.00 bits per heavy atom. The van der Waals surface area contributed by atoms with Crippen molar-refractivity contribution in [2.45, 2.75) is 6.61 Å². The maximum atomic E-state index is 9.01. The third-order valence-corrected chi connectivity index (χ3v) is 2.80. The Kier molecular flexibility index (Phi) is 3.04. The topological polar surface area (TPSA) is 63.8 Å². The van der Waals surface area contributed by atoms with Crippen molar-refractivity contribution in [3.8, 4) is 17.1 Å². The smallest absolute Gasteiger partial charge is 0.131 e. The summed E-state index contributed by atoms with van der Waals surface area (Å²) in [6.07, 6.45) is 3.56. The molecule has 0 bridgehead atoms. The van der Waals surface area contributed by atoms with Gasteiger partial charge in [-0.05, 0) is 29.8 Å².